The number of hydrogen-bond donors (Lipinski definition) is 1. The van der Waals surface area contributed by atoms with E-state index >= 15 is 0 Å². The van der Waals surface area contributed by atoms with Crippen LogP contribution in [-0.2, 0) is 17.9 Å². The van der Waals surface area contributed by atoms with Crippen LogP contribution < -0.4 is 0 Å². The molecule has 20 heavy (non-hydrogen) atoms. The van der Waals surface area contributed by atoms with Gasteiger partial charge in [-0.15, -0.1) is 0 Å². The highest BCUT2D eigenvalue weighted by Crippen LogP contribution is 2.45. The number of aliphatic carboxylic acids is 1. The Morgan fingerprint density at radius 2 is 1.40 bits per heavy atom. The molecule has 0 radical (unpaired) electrons. The zero-order chi connectivity index (χ0) is 15.2. The number of nitrogens with zero attached hydrogens (tertiary/aromatic N) is 1. The number of rotatable bonds is 3. The Kier molecular flexibility index (Phi) is 4.77. The molecule has 7 heteroatoms. The van der Waals surface area contributed by atoms with Gasteiger partial charge in [-0.1, -0.05) is 60.3 Å². The van der Waals surface area contributed by atoms with Crippen LogP contribution in [0.15, 0.2) is 0 Å². The normalized spacial score (nSPS) is 16.6. The van der Waals surface area contributed by atoms with Crippen molar-refractivity contribution in [2.45, 2.75) is 33.0 Å². The summed E-state index contributed by atoms with van der Waals surface area (Å²) in [4.78, 5) is 13.2. The van der Waals surface area contributed by atoms with Crippen molar-refractivity contribution in [1.29, 1.82) is 0 Å². The summed E-state index contributed by atoms with van der Waals surface area (Å²) < 4.78 is 0. The van der Waals surface area contributed by atoms with Crippen LogP contribution in [0.25, 0.3) is 0 Å². The molecule has 1 N–H and O–H groups in total. The van der Waals surface area contributed by atoms with Gasteiger partial charge in [0, 0.05) is 13.1 Å². The van der Waals surface area contributed by atoms with Crippen LogP contribution in [-0.4, -0.2) is 22.0 Å². The Bertz CT molecular complexity index is 537. The SMILES string of the molecule is CC(C)C(C(=O)O)N1Cc2c(Cl)c(Cl)c(Cl)c(Cl)c2C1. The van der Waals surface area contributed by atoms with Gasteiger partial charge in [0.2, 0.25) is 0 Å². The molecule has 1 unspecified atom stereocenters. The van der Waals surface area contributed by atoms with E-state index in [1.54, 1.807) is 0 Å². The van der Waals surface area contributed by atoms with Crippen LogP contribution in [0.3, 0.4) is 0 Å². The smallest absolute Gasteiger partial charge is 0.321 e. The van der Waals surface area contributed by atoms with Crippen LogP contribution in [0.2, 0.25) is 20.1 Å². The van der Waals surface area contributed by atoms with E-state index in [4.69, 9.17) is 46.4 Å². The standard InChI is InChI=1S/C13H13Cl4NO2/c1-5(2)12(13(19)20)18-3-6-7(4-18)9(15)11(17)10(16)8(6)14/h5,12H,3-4H2,1-2H3,(H,19,20). The Morgan fingerprint density at radius 1 is 1.00 bits per heavy atom. The third-order valence-corrected chi connectivity index (χ3v) is 5.35. The van der Waals surface area contributed by atoms with Crippen LogP contribution in [0.1, 0.15) is 25.0 Å². The Balaban J connectivity index is 2.44. The molecule has 0 saturated heterocycles. The molecule has 0 amide bonds. The second kappa shape index (κ2) is 5.90. The molecular weight excluding hydrogens is 344 g/mol. The molecule has 110 valence electrons. The predicted molar refractivity (Wildman–Crippen MR) is 82.0 cm³/mol. The lowest BCUT2D eigenvalue weighted by molar-refractivity contribution is -0.145. The van der Waals surface area contributed by atoms with Gasteiger partial charge in [-0.2, -0.15) is 0 Å². The number of benzene rings is 1. The highest BCUT2D eigenvalue weighted by atomic mass is 35.5. The van der Waals surface area contributed by atoms with E-state index in [1.165, 1.54) is 0 Å². The summed E-state index contributed by atoms with van der Waals surface area (Å²) in [5.74, 6) is -0.900. The lowest BCUT2D eigenvalue weighted by Gasteiger charge is -2.26. The van der Waals surface area contributed by atoms with E-state index in [2.05, 4.69) is 0 Å². The molecule has 1 heterocycles. The molecule has 0 aliphatic carbocycles. The zero-order valence-corrected chi connectivity index (χ0v) is 13.9. The molecule has 1 aliphatic heterocycles. The van der Waals surface area contributed by atoms with Crippen molar-refractivity contribution in [3.05, 3.63) is 31.2 Å². The minimum Gasteiger partial charge on any atom is -0.480 e. The van der Waals surface area contributed by atoms with Gasteiger partial charge in [0.25, 0.3) is 0 Å². The molecule has 0 spiro atoms. The average molecular weight is 357 g/mol. The second-order valence-corrected chi connectivity index (χ2v) is 6.66. The van der Waals surface area contributed by atoms with E-state index in [-0.39, 0.29) is 16.0 Å². The van der Waals surface area contributed by atoms with Crippen molar-refractivity contribution in [1.82, 2.24) is 4.90 Å². The minimum absolute atomic E-state index is 0.0368. The summed E-state index contributed by atoms with van der Waals surface area (Å²) in [6, 6.07) is -0.605. The Labute approximate surface area is 137 Å². The summed E-state index contributed by atoms with van der Waals surface area (Å²) in [6.07, 6.45) is 0. The van der Waals surface area contributed by atoms with Gasteiger partial charge < -0.3 is 5.11 Å². The summed E-state index contributed by atoms with van der Waals surface area (Å²) in [7, 11) is 0. The summed E-state index contributed by atoms with van der Waals surface area (Å²) in [5, 5.41) is 10.5. The maximum absolute atomic E-state index is 11.4. The van der Waals surface area contributed by atoms with Crippen LogP contribution in [0, 0.1) is 5.92 Å². The third-order valence-electron chi connectivity index (χ3n) is 3.47. The first kappa shape index (κ1) is 16.2. The van der Waals surface area contributed by atoms with Gasteiger partial charge >= 0.3 is 5.97 Å². The van der Waals surface area contributed by atoms with Gasteiger partial charge in [0.15, 0.2) is 0 Å². The van der Waals surface area contributed by atoms with Crippen molar-refractivity contribution in [2.24, 2.45) is 5.92 Å². The lowest BCUT2D eigenvalue weighted by Crippen LogP contribution is -2.41. The monoisotopic (exact) mass is 355 g/mol. The van der Waals surface area contributed by atoms with E-state index < -0.39 is 12.0 Å². The topological polar surface area (TPSA) is 40.5 Å². The molecule has 0 saturated carbocycles. The van der Waals surface area contributed by atoms with Gasteiger partial charge in [0.05, 0.1) is 20.1 Å². The molecule has 0 aromatic heterocycles. The number of carboxylic acids is 1. The first-order valence-corrected chi connectivity index (χ1v) is 7.57. The third kappa shape index (κ3) is 2.62. The van der Waals surface area contributed by atoms with Crippen LogP contribution in [0.5, 0.6) is 0 Å². The predicted octanol–water partition coefficient (Wildman–Crippen LogP) is 4.73. The van der Waals surface area contributed by atoms with E-state index in [1.807, 2.05) is 18.7 Å². The van der Waals surface area contributed by atoms with Crippen molar-refractivity contribution >= 4 is 52.4 Å². The van der Waals surface area contributed by atoms with Gasteiger partial charge in [0.1, 0.15) is 6.04 Å². The summed E-state index contributed by atoms with van der Waals surface area (Å²) in [6.45, 7) is 4.54. The fraction of sp³-hybridized carbons (Fsp3) is 0.462. The first-order valence-electron chi connectivity index (χ1n) is 6.06. The first-order chi connectivity index (χ1) is 9.25. The van der Waals surface area contributed by atoms with E-state index in [0.717, 1.165) is 11.1 Å². The molecular formula is C13H13Cl4NO2. The van der Waals surface area contributed by atoms with Gasteiger partial charge in [-0.25, -0.2) is 0 Å². The Hall–Kier alpha value is -0.190. The molecule has 0 fully saturated rings. The van der Waals surface area contributed by atoms with E-state index in [0.29, 0.717) is 23.1 Å². The fourth-order valence-corrected chi connectivity index (χ4v) is 3.62. The molecule has 2 rings (SSSR count). The zero-order valence-electron chi connectivity index (χ0n) is 10.9. The van der Waals surface area contributed by atoms with Crippen molar-refractivity contribution in [3.63, 3.8) is 0 Å². The van der Waals surface area contributed by atoms with Crippen LogP contribution >= 0.6 is 46.4 Å². The van der Waals surface area contributed by atoms with Gasteiger partial charge in [-0.05, 0) is 17.0 Å². The van der Waals surface area contributed by atoms with Crippen molar-refractivity contribution < 1.29 is 9.90 Å². The molecule has 3 nitrogen and oxygen atoms in total. The fourth-order valence-electron chi connectivity index (χ4n) is 2.57. The largest absolute Gasteiger partial charge is 0.480 e. The number of hydrogen-bond acceptors (Lipinski definition) is 2. The summed E-state index contributed by atoms with van der Waals surface area (Å²) >= 11 is 24.5. The highest BCUT2D eigenvalue weighted by Gasteiger charge is 2.36. The highest BCUT2D eigenvalue weighted by molar-refractivity contribution is 6.52. The number of fused-ring (bicyclic) bond motifs is 1. The molecule has 0 bridgehead atoms. The maximum atomic E-state index is 11.4. The minimum atomic E-state index is -0.864. The Morgan fingerprint density at radius 3 is 1.70 bits per heavy atom. The average Bonchev–Trinajstić information content (AvgIpc) is 2.77. The number of halogens is 4. The van der Waals surface area contributed by atoms with Gasteiger partial charge in [-0.3, -0.25) is 9.69 Å². The maximum Gasteiger partial charge on any atom is 0.321 e. The van der Waals surface area contributed by atoms with Crippen molar-refractivity contribution in [2.75, 3.05) is 0 Å². The quantitative estimate of drug-likeness (QED) is 0.628. The molecule has 1 aromatic carbocycles. The lowest BCUT2D eigenvalue weighted by atomic mass is 10.0. The second-order valence-electron chi connectivity index (χ2n) is 5.15. The molecule has 1 aliphatic rings. The molecule has 1 aromatic rings. The number of carboxylic acid groups (broad SMARTS) is 1. The summed E-state index contributed by atoms with van der Waals surface area (Å²) in [5.41, 5.74) is 1.52. The van der Waals surface area contributed by atoms with Crippen LogP contribution in [0.4, 0.5) is 0 Å². The molecule has 1 atom stereocenters. The van der Waals surface area contributed by atoms with Crippen molar-refractivity contribution in [3.8, 4) is 0 Å². The number of carbonyl (C=O) groups is 1. The van der Waals surface area contributed by atoms with E-state index in [9.17, 15) is 9.90 Å².